The van der Waals surface area contributed by atoms with Crippen LogP contribution in [0.25, 0.3) is 10.9 Å². The molecule has 1 N–H and O–H groups in total. The predicted molar refractivity (Wildman–Crippen MR) is 133 cm³/mol. The third-order valence-corrected chi connectivity index (χ3v) is 6.07. The summed E-state index contributed by atoms with van der Waals surface area (Å²) in [4.78, 5) is 42.4. The summed E-state index contributed by atoms with van der Waals surface area (Å²) in [5.74, 6) is -0.123. The molecule has 4 rings (SSSR count). The van der Waals surface area contributed by atoms with Crippen molar-refractivity contribution in [1.29, 1.82) is 0 Å². The molecule has 0 spiro atoms. The van der Waals surface area contributed by atoms with Crippen LogP contribution < -0.4 is 10.9 Å². The molecule has 0 radical (unpaired) electrons. The first-order chi connectivity index (χ1) is 16.8. The van der Waals surface area contributed by atoms with E-state index < -0.39 is 5.56 Å². The third kappa shape index (κ3) is 6.23. The molecule has 2 heterocycles. The van der Waals surface area contributed by atoms with Crippen LogP contribution in [0, 0.1) is 11.7 Å². The second-order valence-electron chi connectivity index (χ2n) is 9.18. The Morgan fingerprint density at radius 2 is 2.06 bits per heavy atom. The van der Waals surface area contributed by atoms with Crippen molar-refractivity contribution < 1.29 is 14.0 Å². The van der Waals surface area contributed by atoms with E-state index >= 15 is 0 Å². The Morgan fingerprint density at radius 3 is 2.80 bits per heavy atom. The zero-order chi connectivity index (χ0) is 24.9. The fraction of sp³-hybridized carbons (Fsp3) is 0.385. The molecule has 0 saturated heterocycles. The lowest BCUT2D eigenvalue weighted by atomic mass is 10.2. The van der Waals surface area contributed by atoms with Crippen LogP contribution in [-0.2, 0) is 22.7 Å². The number of hydrogen-bond donors (Lipinski definition) is 1. The maximum absolute atomic E-state index is 13.8. The van der Waals surface area contributed by atoms with Crippen LogP contribution in [-0.4, -0.2) is 44.9 Å². The number of allylic oxidation sites excluding steroid dienone is 1. The number of likely N-dealkylation sites (N-methyl/N-ethyl adjacent to an activating group) is 1. The van der Waals surface area contributed by atoms with Crippen molar-refractivity contribution in [3.05, 3.63) is 70.7 Å². The molecule has 184 valence electrons. The van der Waals surface area contributed by atoms with Crippen molar-refractivity contribution in [2.75, 3.05) is 19.4 Å². The Hall–Kier alpha value is -3.75. The van der Waals surface area contributed by atoms with Crippen LogP contribution in [0.3, 0.4) is 0 Å². The summed E-state index contributed by atoms with van der Waals surface area (Å²) < 4.78 is 17.4. The number of rotatable bonds is 10. The van der Waals surface area contributed by atoms with E-state index in [2.05, 4.69) is 14.9 Å². The number of carbonyl (C=O) groups excluding carboxylic acids is 2. The number of anilines is 1. The lowest BCUT2D eigenvalue weighted by Gasteiger charge is -2.12. The van der Waals surface area contributed by atoms with Crippen LogP contribution in [0.15, 0.2) is 53.6 Å². The number of aromatic nitrogens is 3. The van der Waals surface area contributed by atoms with Gasteiger partial charge in [-0.25, -0.2) is 9.37 Å². The van der Waals surface area contributed by atoms with Gasteiger partial charge < -0.3 is 19.4 Å². The van der Waals surface area contributed by atoms with Gasteiger partial charge in [-0.2, -0.15) is 0 Å². The van der Waals surface area contributed by atoms with E-state index in [1.54, 1.807) is 32.4 Å². The van der Waals surface area contributed by atoms with Crippen LogP contribution in [0.5, 0.6) is 0 Å². The maximum Gasteiger partial charge on any atom is 0.294 e. The highest BCUT2D eigenvalue weighted by atomic mass is 19.1. The van der Waals surface area contributed by atoms with Gasteiger partial charge in [-0.1, -0.05) is 6.08 Å². The SMILES string of the molecule is CN(C)C(=O)/C=C/CCCC(=O)Nc1nccn(Cc2cc3cc(F)ccc3n2CC2CC2)c1=O. The summed E-state index contributed by atoms with van der Waals surface area (Å²) in [6.45, 7) is 1.13. The monoisotopic (exact) mass is 479 g/mol. The highest BCUT2D eigenvalue weighted by molar-refractivity contribution is 5.89. The zero-order valence-electron chi connectivity index (χ0n) is 20.0. The van der Waals surface area contributed by atoms with E-state index in [9.17, 15) is 18.8 Å². The molecule has 2 aromatic heterocycles. The molecular weight excluding hydrogens is 449 g/mol. The quantitative estimate of drug-likeness (QED) is 0.356. The maximum atomic E-state index is 13.8. The summed E-state index contributed by atoms with van der Waals surface area (Å²) in [6, 6.07) is 6.66. The number of nitrogens with zero attached hydrogens (tertiary/aromatic N) is 4. The molecule has 35 heavy (non-hydrogen) atoms. The molecule has 2 amide bonds. The lowest BCUT2D eigenvalue weighted by Crippen LogP contribution is -2.27. The third-order valence-electron chi connectivity index (χ3n) is 6.07. The summed E-state index contributed by atoms with van der Waals surface area (Å²) in [5, 5.41) is 3.41. The minimum absolute atomic E-state index is 0.0215. The molecule has 1 aliphatic carbocycles. The first kappa shape index (κ1) is 24.4. The molecule has 1 saturated carbocycles. The Labute approximate surface area is 203 Å². The highest BCUT2D eigenvalue weighted by Crippen LogP contribution is 2.33. The summed E-state index contributed by atoms with van der Waals surface area (Å²) in [5.41, 5.74) is 1.46. The fourth-order valence-electron chi connectivity index (χ4n) is 3.94. The first-order valence-electron chi connectivity index (χ1n) is 11.8. The van der Waals surface area contributed by atoms with Crippen LogP contribution >= 0.6 is 0 Å². The number of nitrogens with one attached hydrogen (secondary N) is 1. The largest absolute Gasteiger partial charge is 0.345 e. The van der Waals surface area contributed by atoms with Crippen molar-refractivity contribution in [2.24, 2.45) is 5.92 Å². The Bertz CT molecular complexity index is 1320. The second-order valence-corrected chi connectivity index (χ2v) is 9.18. The van der Waals surface area contributed by atoms with Gasteiger partial charge in [-0.3, -0.25) is 14.4 Å². The van der Waals surface area contributed by atoms with Gasteiger partial charge in [0.1, 0.15) is 5.82 Å². The Morgan fingerprint density at radius 1 is 1.26 bits per heavy atom. The molecule has 0 bridgehead atoms. The van der Waals surface area contributed by atoms with Gasteiger partial charge in [0.15, 0.2) is 5.82 Å². The van der Waals surface area contributed by atoms with E-state index in [-0.39, 0.29) is 36.4 Å². The van der Waals surface area contributed by atoms with E-state index in [1.807, 2.05) is 6.07 Å². The highest BCUT2D eigenvalue weighted by Gasteiger charge is 2.24. The normalized spacial score (nSPS) is 13.5. The number of unbranched alkanes of at least 4 members (excludes halogenated alkanes) is 1. The van der Waals surface area contributed by atoms with Crippen molar-refractivity contribution in [3.63, 3.8) is 0 Å². The second kappa shape index (κ2) is 10.7. The average Bonchev–Trinajstić information content (AvgIpc) is 3.58. The van der Waals surface area contributed by atoms with Gasteiger partial charge in [0.2, 0.25) is 11.8 Å². The van der Waals surface area contributed by atoms with E-state index in [0.717, 1.165) is 23.1 Å². The van der Waals surface area contributed by atoms with E-state index in [1.165, 1.54) is 46.7 Å². The van der Waals surface area contributed by atoms with E-state index in [0.29, 0.717) is 18.8 Å². The lowest BCUT2D eigenvalue weighted by molar-refractivity contribution is -0.123. The number of benzene rings is 1. The smallest absolute Gasteiger partial charge is 0.294 e. The molecule has 1 fully saturated rings. The topological polar surface area (TPSA) is 89.2 Å². The van der Waals surface area contributed by atoms with Crippen LogP contribution in [0.2, 0.25) is 0 Å². The van der Waals surface area contributed by atoms with Gasteiger partial charge in [-0.15, -0.1) is 0 Å². The molecule has 0 unspecified atom stereocenters. The predicted octanol–water partition coefficient (Wildman–Crippen LogP) is 3.55. The summed E-state index contributed by atoms with van der Waals surface area (Å²) in [7, 11) is 3.35. The minimum Gasteiger partial charge on any atom is -0.345 e. The van der Waals surface area contributed by atoms with Crippen molar-refractivity contribution in [3.8, 4) is 0 Å². The van der Waals surface area contributed by atoms with Gasteiger partial charge in [0, 0.05) is 56.1 Å². The number of fused-ring (bicyclic) bond motifs is 1. The fourth-order valence-corrected chi connectivity index (χ4v) is 3.94. The molecule has 8 nitrogen and oxygen atoms in total. The number of carbonyl (C=O) groups is 2. The van der Waals surface area contributed by atoms with Gasteiger partial charge in [-0.05, 0) is 61.9 Å². The number of amides is 2. The van der Waals surface area contributed by atoms with Crippen molar-refractivity contribution in [1.82, 2.24) is 19.0 Å². The number of halogens is 1. The Balaban J connectivity index is 1.43. The van der Waals surface area contributed by atoms with Crippen LogP contribution in [0.4, 0.5) is 10.2 Å². The standard InChI is InChI=1S/C26H30FN5O3/c1-30(2)24(34)7-5-3-4-6-23(33)29-25-26(35)31(13-12-28-25)17-21-15-19-14-20(27)10-11-22(19)32(21)16-18-8-9-18/h5,7,10-15,18H,3-4,6,8-9,16-17H2,1-2H3,(H,28,29,33)/b7-5+. The average molecular weight is 480 g/mol. The molecular formula is C26H30FN5O3. The van der Waals surface area contributed by atoms with Crippen molar-refractivity contribution in [2.45, 2.75) is 45.2 Å². The number of hydrogen-bond acceptors (Lipinski definition) is 4. The van der Waals surface area contributed by atoms with Gasteiger partial charge in [0.05, 0.1) is 6.54 Å². The van der Waals surface area contributed by atoms with Gasteiger partial charge >= 0.3 is 0 Å². The summed E-state index contributed by atoms with van der Waals surface area (Å²) >= 11 is 0. The minimum atomic E-state index is -0.397. The summed E-state index contributed by atoms with van der Waals surface area (Å²) in [6.07, 6.45) is 9.96. The molecule has 0 aliphatic heterocycles. The molecule has 3 aromatic rings. The van der Waals surface area contributed by atoms with Crippen LogP contribution in [0.1, 0.15) is 37.8 Å². The molecule has 1 aromatic carbocycles. The molecule has 9 heteroatoms. The first-order valence-corrected chi connectivity index (χ1v) is 11.8. The Kier molecular flexibility index (Phi) is 7.43. The van der Waals surface area contributed by atoms with Crippen molar-refractivity contribution >= 4 is 28.5 Å². The van der Waals surface area contributed by atoms with Gasteiger partial charge in [0.25, 0.3) is 5.56 Å². The van der Waals surface area contributed by atoms with E-state index in [4.69, 9.17) is 0 Å². The zero-order valence-corrected chi connectivity index (χ0v) is 20.0. The molecule has 1 aliphatic rings. The molecule has 0 atom stereocenters.